The lowest BCUT2D eigenvalue weighted by Crippen LogP contribution is -2.41. The van der Waals surface area contributed by atoms with Gasteiger partial charge in [0, 0.05) is 32.0 Å². The first-order valence-corrected chi connectivity index (χ1v) is 11.7. The van der Waals surface area contributed by atoms with Gasteiger partial charge in [-0.25, -0.2) is 21.6 Å². The summed E-state index contributed by atoms with van der Waals surface area (Å²) in [6, 6.07) is 9.89. The van der Waals surface area contributed by atoms with E-state index in [-0.39, 0.29) is 15.7 Å². The van der Waals surface area contributed by atoms with Gasteiger partial charge in [-0.2, -0.15) is 4.31 Å². The van der Waals surface area contributed by atoms with Gasteiger partial charge in [-0.15, -0.1) is 0 Å². The van der Waals surface area contributed by atoms with Crippen molar-refractivity contribution < 1.29 is 16.8 Å². The summed E-state index contributed by atoms with van der Waals surface area (Å²) >= 11 is 0. The van der Waals surface area contributed by atoms with E-state index < -0.39 is 20.0 Å². The number of sulfonamides is 2. The van der Waals surface area contributed by atoms with Crippen LogP contribution in [-0.4, -0.2) is 45.8 Å². The maximum absolute atomic E-state index is 12.6. The van der Waals surface area contributed by atoms with Crippen molar-refractivity contribution >= 4 is 20.0 Å². The summed E-state index contributed by atoms with van der Waals surface area (Å²) in [5, 5.41) is 0. The summed E-state index contributed by atoms with van der Waals surface area (Å²) in [4.78, 5) is 4.30. The highest BCUT2D eigenvalue weighted by molar-refractivity contribution is 7.89. The van der Waals surface area contributed by atoms with Crippen molar-refractivity contribution in [3.05, 3.63) is 54.4 Å². The third-order valence-electron chi connectivity index (χ3n) is 4.71. The van der Waals surface area contributed by atoms with Gasteiger partial charge in [-0.1, -0.05) is 12.1 Å². The molecule has 0 aliphatic carbocycles. The molecule has 9 heteroatoms. The average Bonchev–Trinajstić information content (AvgIpc) is 2.67. The monoisotopic (exact) mass is 409 g/mol. The second-order valence-corrected chi connectivity index (χ2v) is 10.4. The molecule has 1 N–H and O–H groups in total. The van der Waals surface area contributed by atoms with Crippen LogP contribution in [0.2, 0.25) is 0 Å². The smallest absolute Gasteiger partial charge is 0.244 e. The molecule has 1 aromatic carbocycles. The number of nitrogens with one attached hydrogen (secondary N) is 1. The van der Waals surface area contributed by atoms with Crippen LogP contribution in [0.5, 0.6) is 0 Å². The summed E-state index contributed by atoms with van der Waals surface area (Å²) in [6.07, 6.45) is 4.09. The third-order valence-corrected chi connectivity index (χ3v) is 8.01. The van der Waals surface area contributed by atoms with Crippen LogP contribution >= 0.6 is 0 Å². The highest BCUT2D eigenvalue weighted by atomic mass is 32.2. The molecule has 0 atom stereocenters. The Balaban J connectivity index is 1.57. The van der Waals surface area contributed by atoms with Gasteiger partial charge in [0.05, 0.1) is 4.90 Å². The van der Waals surface area contributed by atoms with E-state index in [4.69, 9.17) is 0 Å². The first-order valence-electron chi connectivity index (χ1n) is 8.75. The Bertz CT molecular complexity index is 984. The van der Waals surface area contributed by atoms with Crippen molar-refractivity contribution in [2.75, 3.05) is 19.6 Å². The molecule has 2 aromatic rings. The molecular weight excluding hydrogens is 386 g/mol. The van der Waals surface area contributed by atoms with Gasteiger partial charge in [0.2, 0.25) is 20.0 Å². The standard InChI is InChI=1S/C18H23N3O4S2/c1-15-4-2-5-17(12-15)26(22,23)20-13-16-7-10-21(11-8-16)27(24,25)18-6-3-9-19-14-18/h2-6,9,12,14,16,20H,7-8,10-11,13H2,1H3. The first kappa shape index (κ1) is 19.9. The number of piperidine rings is 1. The highest BCUT2D eigenvalue weighted by Gasteiger charge is 2.30. The SMILES string of the molecule is Cc1cccc(S(=O)(=O)NCC2CCN(S(=O)(=O)c3cccnc3)CC2)c1. The second kappa shape index (κ2) is 8.05. The molecule has 0 spiro atoms. The van der Waals surface area contributed by atoms with E-state index in [0.29, 0.717) is 32.5 Å². The predicted molar refractivity (Wildman–Crippen MR) is 102 cm³/mol. The zero-order valence-corrected chi connectivity index (χ0v) is 16.7. The molecule has 0 amide bonds. The second-order valence-electron chi connectivity index (χ2n) is 6.70. The Morgan fingerprint density at radius 3 is 2.41 bits per heavy atom. The van der Waals surface area contributed by atoms with Crippen LogP contribution < -0.4 is 4.72 Å². The molecule has 0 unspecified atom stereocenters. The van der Waals surface area contributed by atoms with Gasteiger partial charge < -0.3 is 0 Å². The average molecular weight is 410 g/mol. The fourth-order valence-corrected chi connectivity index (χ4v) is 5.75. The van der Waals surface area contributed by atoms with Crippen LogP contribution in [0.15, 0.2) is 58.6 Å². The minimum Gasteiger partial charge on any atom is -0.263 e. The lowest BCUT2D eigenvalue weighted by atomic mass is 9.99. The molecule has 0 bridgehead atoms. The number of aryl methyl sites for hydroxylation is 1. The van der Waals surface area contributed by atoms with Crippen LogP contribution in [-0.2, 0) is 20.0 Å². The summed E-state index contributed by atoms with van der Waals surface area (Å²) in [6.45, 7) is 2.89. The molecule has 1 fully saturated rings. The van der Waals surface area contributed by atoms with Crippen molar-refractivity contribution in [2.45, 2.75) is 29.6 Å². The maximum atomic E-state index is 12.6. The maximum Gasteiger partial charge on any atom is 0.244 e. The van der Waals surface area contributed by atoms with E-state index in [1.54, 1.807) is 24.3 Å². The predicted octanol–water partition coefficient (Wildman–Crippen LogP) is 1.77. The molecule has 27 heavy (non-hydrogen) atoms. The lowest BCUT2D eigenvalue weighted by molar-refractivity contribution is 0.274. The largest absolute Gasteiger partial charge is 0.263 e. The quantitative estimate of drug-likeness (QED) is 0.784. The summed E-state index contributed by atoms with van der Waals surface area (Å²) in [5.74, 6) is 0.102. The minimum absolute atomic E-state index is 0.102. The number of rotatable bonds is 6. The van der Waals surface area contributed by atoms with E-state index in [1.807, 2.05) is 13.0 Å². The van der Waals surface area contributed by atoms with Crippen LogP contribution in [0.4, 0.5) is 0 Å². The minimum atomic E-state index is -3.56. The topological polar surface area (TPSA) is 96.4 Å². The number of hydrogen-bond donors (Lipinski definition) is 1. The number of hydrogen-bond acceptors (Lipinski definition) is 5. The molecule has 1 aromatic heterocycles. The Morgan fingerprint density at radius 2 is 1.78 bits per heavy atom. The van der Waals surface area contributed by atoms with Gasteiger partial charge in [0.25, 0.3) is 0 Å². The van der Waals surface area contributed by atoms with Crippen molar-refractivity contribution in [1.82, 2.24) is 14.0 Å². The van der Waals surface area contributed by atoms with Crippen molar-refractivity contribution in [3.63, 3.8) is 0 Å². The Morgan fingerprint density at radius 1 is 1.07 bits per heavy atom. The van der Waals surface area contributed by atoms with E-state index in [1.165, 1.54) is 22.8 Å². The van der Waals surface area contributed by atoms with Gasteiger partial charge in [0.15, 0.2) is 0 Å². The van der Waals surface area contributed by atoms with Gasteiger partial charge >= 0.3 is 0 Å². The molecule has 7 nitrogen and oxygen atoms in total. The molecular formula is C18H23N3O4S2. The summed E-state index contributed by atoms with van der Waals surface area (Å²) < 4.78 is 54.1. The molecule has 2 heterocycles. The number of pyridine rings is 1. The molecule has 0 radical (unpaired) electrons. The van der Waals surface area contributed by atoms with Gasteiger partial charge in [0.1, 0.15) is 4.90 Å². The molecule has 1 aliphatic heterocycles. The highest BCUT2D eigenvalue weighted by Crippen LogP contribution is 2.23. The fraction of sp³-hybridized carbons (Fsp3) is 0.389. The van der Waals surface area contributed by atoms with Gasteiger partial charge in [-0.05, 0) is 55.5 Å². The van der Waals surface area contributed by atoms with E-state index in [9.17, 15) is 16.8 Å². The summed E-state index contributed by atoms with van der Waals surface area (Å²) in [7, 11) is -7.10. The number of benzene rings is 1. The Hall–Kier alpha value is -1.81. The fourth-order valence-electron chi connectivity index (χ4n) is 3.10. The van der Waals surface area contributed by atoms with Crippen LogP contribution in [0.1, 0.15) is 18.4 Å². The molecule has 146 valence electrons. The van der Waals surface area contributed by atoms with E-state index in [0.717, 1.165) is 5.56 Å². The van der Waals surface area contributed by atoms with Gasteiger partial charge in [-0.3, -0.25) is 4.98 Å². The van der Waals surface area contributed by atoms with Crippen LogP contribution in [0, 0.1) is 12.8 Å². The van der Waals surface area contributed by atoms with Crippen LogP contribution in [0.3, 0.4) is 0 Å². The molecule has 3 rings (SSSR count). The lowest BCUT2D eigenvalue weighted by Gasteiger charge is -2.31. The van der Waals surface area contributed by atoms with Crippen molar-refractivity contribution in [1.29, 1.82) is 0 Å². The van der Waals surface area contributed by atoms with E-state index in [2.05, 4.69) is 9.71 Å². The Labute approximate surface area is 160 Å². The zero-order chi connectivity index (χ0) is 19.5. The normalized spacial score (nSPS) is 17.1. The molecule has 1 aliphatic rings. The molecule has 0 saturated carbocycles. The first-order chi connectivity index (χ1) is 12.8. The van der Waals surface area contributed by atoms with Crippen molar-refractivity contribution in [3.8, 4) is 0 Å². The van der Waals surface area contributed by atoms with E-state index >= 15 is 0 Å². The number of aromatic nitrogens is 1. The molecule has 1 saturated heterocycles. The van der Waals surface area contributed by atoms with Crippen molar-refractivity contribution in [2.24, 2.45) is 5.92 Å². The zero-order valence-electron chi connectivity index (χ0n) is 15.1. The number of nitrogens with zero attached hydrogens (tertiary/aromatic N) is 2. The summed E-state index contributed by atoms with van der Waals surface area (Å²) in [5.41, 5.74) is 0.881. The Kier molecular flexibility index (Phi) is 5.95. The third kappa shape index (κ3) is 4.73. The van der Waals surface area contributed by atoms with Crippen LogP contribution in [0.25, 0.3) is 0 Å².